The smallest absolute Gasteiger partial charge is 0.342 e. The van der Waals surface area contributed by atoms with Crippen LogP contribution in [0.3, 0.4) is 0 Å². The third kappa shape index (κ3) is 1.14. The predicted octanol–water partition coefficient (Wildman–Crippen LogP) is 2.01. The van der Waals surface area contributed by atoms with Crippen LogP contribution in [0.25, 0.3) is 0 Å². The Labute approximate surface area is 76.7 Å². The van der Waals surface area contributed by atoms with Crippen molar-refractivity contribution in [3.63, 3.8) is 0 Å². The second kappa shape index (κ2) is 2.58. The molecule has 0 amide bonds. The van der Waals surface area contributed by atoms with E-state index >= 15 is 0 Å². The van der Waals surface area contributed by atoms with E-state index in [-0.39, 0.29) is 10.2 Å². The number of hydrogen-bond acceptors (Lipinski definition) is 3. The fourth-order valence-electron chi connectivity index (χ4n) is 1.11. The van der Waals surface area contributed by atoms with Crippen LogP contribution in [0, 0.1) is 0 Å². The van der Waals surface area contributed by atoms with Gasteiger partial charge in [0.05, 0.1) is 0 Å². The van der Waals surface area contributed by atoms with Crippen LogP contribution in [0.5, 0.6) is 0 Å². The highest BCUT2D eigenvalue weighted by atomic mass is 79.9. The van der Waals surface area contributed by atoms with Crippen LogP contribution in [-0.4, -0.2) is 16.2 Å². The first-order chi connectivity index (χ1) is 5.70. The lowest BCUT2D eigenvalue weighted by atomic mass is 10.2. The van der Waals surface area contributed by atoms with Crippen LogP contribution in [0.4, 0.5) is 0 Å². The molecule has 0 aromatic carbocycles. The molecule has 0 radical (unpaired) electrons. The van der Waals surface area contributed by atoms with Crippen LogP contribution in [0.2, 0.25) is 0 Å². The Morgan fingerprint density at radius 1 is 1.67 bits per heavy atom. The molecule has 1 aromatic rings. The summed E-state index contributed by atoms with van der Waals surface area (Å²) in [5.41, 5.74) is 0.756. The maximum atomic E-state index is 10.7. The van der Waals surface area contributed by atoms with Gasteiger partial charge in [0.2, 0.25) is 4.67 Å². The van der Waals surface area contributed by atoms with Gasteiger partial charge in [-0.05, 0) is 28.8 Å². The van der Waals surface area contributed by atoms with Gasteiger partial charge in [-0.25, -0.2) is 4.79 Å². The highest BCUT2D eigenvalue weighted by Crippen LogP contribution is 2.42. The second-order valence-electron chi connectivity index (χ2n) is 2.80. The summed E-state index contributed by atoms with van der Waals surface area (Å²) in [4.78, 5) is 10.7. The molecule has 1 saturated carbocycles. The Morgan fingerprint density at radius 3 is 2.83 bits per heavy atom. The molecule has 0 saturated heterocycles. The van der Waals surface area contributed by atoms with Gasteiger partial charge in [0.15, 0.2) is 0 Å². The summed E-state index contributed by atoms with van der Waals surface area (Å²) in [6.07, 6.45) is 2.03. The van der Waals surface area contributed by atoms with Gasteiger partial charge >= 0.3 is 5.97 Å². The Balaban J connectivity index is 2.46. The largest absolute Gasteiger partial charge is 0.477 e. The highest BCUT2D eigenvalue weighted by Gasteiger charge is 2.33. The molecular weight excluding hydrogens is 226 g/mol. The molecule has 2 rings (SSSR count). The molecule has 5 heteroatoms. The molecule has 1 N–H and O–H groups in total. The number of carboxylic acid groups (broad SMARTS) is 1. The zero-order valence-electron chi connectivity index (χ0n) is 6.08. The minimum Gasteiger partial charge on any atom is -0.477 e. The summed E-state index contributed by atoms with van der Waals surface area (Å²) >= 11 is 3.00. The summed E-state index contributed by atoms with van der Waals surface area (Å²) in [6.45, 7) is 0. The lowest BCUT2D eigenvalue weighted by Crippen LogP contribution is -1.99. The molecule has 0 atom stereocenters. The van der Waals surface area contributed by atoms with Crippen molar-refractivity contribution in [1.29, 1.82) is 0 Å². The average molecular weight is 232 g/mol. The highest BCUT2D eigenvalue weighted by molar-refractivity contribution is 9.10. The minimum atomic E-state index is -0.981. The number of carboxylic acids is 1. The first kappa shape index (κ1) is 7.79. The molecule has 0 unspecified atom stereocenters. The Bertz CT molecular complexity index is 329. The number of aromatic nitrogens is 1. The van der Waals surface area contributed by atoms with Gasteiger partial charge in [0, 0.05) is 5.92 Å². The number of rotatable bonds is 2. The summed E-state index contributed by atoms with van der Waals surface area (Å²) < 4.78 is 4.96. The first-order valence-electron chi connectivity index (χ1n) is 3.58. The van der Waals surface area contributed by atoms with Crippen molar-refractivity contribution in [1.82, 2.24) is 5.16 Å². The monoisotopic (exact) mass is 231 g/mol. The van der Waals surface area contributed by atoms with E-state index in [0.29, 0.717) is 11.6 Å². The number of halogens is 1. The zero-order chi connectivity index (χ0) is 8.72. The van der Waals surface area contributed by atoms with Gasteiger partial charge in [-0.1, -0.05) is 5.16 Å². The van der Waals surface area contributed by atoms with Gasteiger partial charge in [-0.15, -0.1) is 0 Å². The van der Waals surface area contributed by atoms with Crippen molar-refractivity contribution in [2.24, 2.45) is 0 Å². The molecule has 0 bridgehead atoms. The topological polar surface area (TPSA) is 63.3 Å². The second-order valence-corrected chi connectivity index (χ2v) is 3.52. The zero-order valence-corrected chi connectivity index (χ0v) is 7.67. The Morgan fingerprint density at radius 2 is 2.33 bits per heavy atom. The fourth-order valence-corrected chi connectivity index (χ4v) is 1.56. The van der Waals surface area contributed by atoms with Gasteiger partial charge in [-0.2, -0.15) is 0 Å². The molecule has 1 aliphatic carbocycles. The fraction of sp³-hybridized carbons (Fsp3) is 0.429. The van der Waals surface area contributed by atoms with E-state index in [4.69, 9.17) is 9.63 Å². The molecule has 1 fully saturated rings. The summed E-state index contributed by atoms with van der Waals surface area (Å²) in [6, 6.07) is 0. The molecule has 1 aliphatic rings. The molecule has 1 aromatic heterocycles. The standard InChI is InChI=1S/C7H6BrNO3/c8-6-4(7(10)11)5(9-12-6)3-1-2-3/h3H,1-2H2,(H,10,11). The SMILES string of the molecule is O=C(O)c1c(C2CC2)noc1Br. The minimum absolute atomic E-state index is 0.178. The Kier molecular flexibility index (Phi) is 1.68. The van der Waals surface area contributed by atoms with Gasteiger partial charge in [0.25, 0.3) is 0 Å². The van der Waals surface area contributed by atoms with E-state index in [9.17, 15) is 4.79 Å². The normalized spacial score (nSPS) is 16.4. The quantitative estimate of drug-likeness (QED) is 0.846. The van der Waals surface area contributed by atoms with Crippen molar-refractivity contribution >= 4 is 21.9 Å². The van der Waals surface area contributed by atoms with Crippen LogP contribution < -0.4 is 0 Å². The van der Waals surface area contributed by atoms with Crippen LogP contribution in [0.15, 0.2) is 9.19 Å². The van der Waals surface area contributed by atoms with Gasteiger partial charge in [-0.3, -0.25) is 0 Å². The third-order valence-corrected chi connectivity index (χ3v) is 2.40. The summed E-state index contributed by atoms with van der Waals surface area (Å²) in [5.74, 6) is -0.684. The number of carbonyl (C=O) groups is 1. The first-order valence-corrected chi connectivity index (χ1v) is 4.38. The number of aromatic carboxylic acids is 1. The van der Waals surface area contributed by atoms with Crippen molar-refractivity contribution in [3.8, 4) is 0 Å². The lowest BCUT2D eigenvalue weighted by molar-refractivity contribution is 0.0693. The van der Waals surface area contributed by atoms with Crippen molar-refractivity contribution in [2.75, 3.05) is 0 Å². The van der Waals surface area contributed by atoms with Crippen LogP contribution in [0.1, 0.15) is 34.8 Å². The molecular formula is C7H6BrNO3. The average Bonchev–Trinajstić information content (AvgIpc) is 2.75. The number of nitrogens with zero attached hydrogens (tertiary/aromatic N) is 1. The van der Waals surface area contributed by atoms with E-state index in [0.717, 1.165) is 12.8 Å². The molecule has 0 aliphatic heterocycles. The molecule has 4 nitrogen and oxygen atoms in total. The van der Waals surface area contributed by atoms with Gasteiger partial charge in [0.1, 0.15) is 11.3 Å². The van der Waals surface area contributed by atoms with Crippen molar-refractivity contribution in [2.45, 2.75) is 18.8 Å². The summed E-state index contributed by atoms with van der Waals surface area (Å²) in [7, 11) is 0. The maximum absolute atomic E-state index is 10.7. The van der Waals surface area contributed by atoms with E-state index in [1.54, 1.807) is 0 Å². The molecule has 1 heterocycles. The van der Waals surface area contributed by atoms with Crippen molar-refractivity contribution in [3.05, 3.63) is 15.9 Å². The lowest BCUT2D eigenvalue weighted by Gasteiger charge is -1.90. The third-order valence-electron chi connectivity index (χ3n) is 1.85. The summed E-state index contributed by atoms with van der Waals surface area (Å²) in [5, 5.41) is 12.5. The van der Waals surface area contributed by atoms with Crippen LogP contribution >= 0.6 is 15.9 Å². The maximum Gasteiger partial charge on any atom is 0.342 e. The molecule has 64 valence electrons. The van der Waals surface area contributed by atoms with Crippen LogP contribution in [-0.2, 0) is 0 Å². The van der Waals surface area contributed by atoms with E-state index in [2.05, 4.69) is 21.1 Å². The number of hydrogen-bond donors (Lipinski definition) is 1. The Hall–Kier alpha value is -0.840. The predicted molar refractivity (Wildman–Crippen MR) is 43.1 cm³/mol. The van der Waals surface area contributed by atoms with E-state index < -0.39 is 5.97 Å². The van der Waals surface area contributed by atoms with E-state index in [1.807, 2.05) is 0 Å². The van der Waals surface area contributed by atoms with Gasteiger partial charge < -0.3 is 9.63 Å². The van der Waals surface area contributed by atoms with Crippen molar-refractivity contribution < 1.29 is 14.4 Å². The van der Waals surface area contributed by atoms with E-state index in [1.165, 1.54) is 0 Å². The molecule has 12 heavy (non-hydrogen) atoms. The molecule has 0 spiro atoms.